The van der Waals surface area contributed by atoms with Gasteiger partial charge in [0.2, 0.25) is 65.0 Å². The Morgan fingerprint density at radius 1 is 0.467 bits per heavy atom. The number of thioether (sulfide) groups is 1. The Kier molecular flexibility index (Phi) is 35.8. The van der Waals surface area contributed by atoms with E-state index in [4.69, 9.17) is 0 Å². The molecule has 1 rings (SSSR count). The molecule has 25 heteroatoms. The smallest absolute Gasteiger partial charge is 0.246 e. The minimum absolute atomic E-state index is 0.00947. The number of hydrogen-bond acceptors (Lipinski definition) is 14. The van der Waals surface area contributed by atoms with E-state index in [9.17, 15) is 29.1 Å². The molecule has 0 spiro atoms. The van der Waals surface area contributed by atoms with Crippen LogP contribution in [0.3, 0.4) is 0 Å². The number of allylic oxidation sites excluding steroid dienone is 2. The Labute approximate surface area is 556 Å². The number of aliphatic hydroxyl groups is 1. The summed E-state index contributed by atoms with van der Waals surface area (Å²) in [6, 6.07) is -13.7. The number of rotatable bonds is 20. The first kappa shape index (κ1) is 84.2. The van der Waals surface area contributed by atoms with Gasteiger partial charge in [0.1, 0.15) is 66.5 Å². The minimum Gasteiger partial charge on any atom is -0.390 e. The molecule has 13 atom stereocenters. The van der Waals surface area contributed by atoms with Gasteiger partial charge < -0.3 is 65.6 Å². The number of nitrogens with one attached hydrogen (secondary N) is 4. The van der Waals surface area contributed by atoms with Crippen molar-refractivity contribution >= 4 is 76.7 Å². The van der Waals surface area contributed by atoms with Crippen LogP contribution < -0.4 is 21.3 Å². The van der Waals surface area contributed by atoms with Crippen molar-refractivity contribution in [3.05, 3.63) is 12.2 Å². The number of hydrogen-bond donors (Lipinski definition) is 5. The Hall–Kier alpha value is -5.82. The van der Waals surface area contributed by atoms with Crippen molar-refractivity contribution in [2.45, 2.75) is 229 Å². The van der Waals surface area contributed by atoms with Crippen molar-refractivity contribution in [2.75, 3.05) is 81.5 Å². The number of aliphatic hydroxyl groups excluding tert-OH is 1. The van der Waals surface area contributed by atoms with Crippen LogP contribution in [0.15, 0.2) is 12.2 Å². The zero-order chi connectivity index (χ0) is 71.3. The van der Waals surface area contributed by atoms with Crippen LogP contribution in [0.25, 0.3) is 0 Å². The molecule has 0 radical (unpaired) electrons. The molecule has 0 aromatic heterocycles. The molecule has 5 N–H and O–H groups in total. The van der Waals surface area contributed by atoms with Crippen LogP contribution in [0.4, 0.5) is 0 Å². The van der Waals surface area contributed by atoms with Crippen LogP contribution in [-0.4, -0.2) is 263 Å². The molecule has 0 saturated carbocycles. The average Bonchev–Trinajstić information content (AvgIpc) is 0.861. The van der Waals surface area contributed by atoms with Gasteiger partial charge in [-0.25, -0.2) is 0 Å². The first-order valence-corrected chi connectivity index (χ1v) is 34.3. The molecule has 11 amide bonds. The molecule has 1 aliphatic heterocycles. The second kappa shape index (κ2) is 39.1. The SMILES string of the molecule is CC=CC[C@@H](C)[C@@H](O)[C@@H]1C(=O)N[C@H](CC)C(=O)N(C)[C@H](CSCCN(C)C)C(=O)N(C)[C@@H](CC(C)C)C(=O)N[C@H](C(C)C)C(=O)N(C)[C@H](CC(C)C)C(=O)N[C@H](C)C(=O)N[C@@H](C)C(=O)N(C)[C@H](CC(C)C)C(=O)N(C)[C@H](CC(C)C)C(=O)N(C)[C@H](C(C)C)C(=O)N1C. The molecule has 1 saturated heterocycles. The predicted octanol–water partition coefficient (Wildman–Crippen LogP) is 3.93. The fraction of sp³-hybridized carbons (Fsp3) is 0.806. The maximum absolute atomic E-state index is 15.3. The highest BCUT2D eigenvalue weighted by molar-refractivity contribution is 7.99. The van der Waals surface area contributed by atoms with E-state index in [2.05, 4.69) is 21.3 Å². The molecule has 0 aromatic carbocycles. The summed E-state index contributed by atoms with van der Waals surface area (Å²) >= 11 is 1.41. The third-order valence-electron chi connectivity index (χ3n) is 17.3. The van der Waals surface area contributed by atoms with E-state index in [-0.39, 0.29) is 61.5 Å². The summed E-state index contributed by atoms with van der Waals surface area (Å²) in [5, 5.41) is 23.5. The normalized spacial score (nSPS) is 26.7. The number of carbonyl (C=O) groups is 11. The molecule has 1 fully saturated rings. The molecule has 0 aliphatic carbocycles. The van der Waals surface area contributed by atoms with Crippen molar-refractivity contribution < 1.29 is 57.8 Å². The average molecular weight is 1320 g/mol. The number of nitrogens with zero attached hydrogens (tertiary/aromatic N) is 8. The lowest BCUT2D eigenvalue weighted by molar-refractivity contribution is -0.157. The molecule has 1 heterocycles. The van der Waals surface area contributed by atoms with E-state index < -0.39 is 155 Å². The third-order valence-corrected chi connectivity index (χ3v) is 18.4. The van der Waals surface area contributed by atoms with Crippen LogP contribution in [0.5, 0.6) is 0 Å². The second-order valence-corrected chi connectivity index (χ2v) is 29.3. The second-order valence-electron chi connectivity index (χ2n) is 28.2. The van der Waals surface area contributed by atoms with Crippen molar-refractivity contribution in [1.29, 1.82) is 0 Å². The molecule has 0 unspecified atom stereocenters. The fourth-order valence-corrected chi connectivity index (χ4v) is 12.7. The summed E-state index contributed by atoms with van der Waals surface area (Å²) in [6.07, 6.45) is 3.00. The van der Waals surface area contributed by atoms with Gasteiger partial charge in [0.25, 0.3) is 0 Å². The summed E-state index contributed by atoms with van der Waals surface area (Å²) < 4.78 is 0. The van der Waals surface area contributed by atoms with Gasteiger partial charge in [-0.05, 0) is 115 Å². The Bertz CT molecular complexity index is 2490. The Morgan fingerprint density at radius 2 is 0.870 bits per heavy atom. The minimum atomic E-state index is -1.63. The molecule has 0 bridgehead atoms. The van der Waals surface area contributed by atoms with E-state index in [0.29, 0.717) is 18.7 Å². The van der Waals surface area contributed by atoms with Gasteiger partial charge in [0.15, 0.2) is 0 Å². The maximum atomic E-state index is 15.3. The molecule has 24 nitrogen and oxygen atoms in total. The number of amides is 11. The largest absolute Gasteiger partial charge is 0.390 e. The lowest BCUT2D eigenvalue weighted by Crippen LogP contribution is -2.64. The van der Waals surface area contributed by atoms with Gasteiger partial charge in [-0.3, -0.25) is 52.7 Å². The highest BCUT2D eigenvalue weighted by atomic mass is 32.2. The van der Waals surface area contributed by atoms with Crippen molar-refractivity contribution in [3.63, 3.8) is 0 Å². The first-order chi connectivity index (χ1) is 42.5. The van der Waals surface area contributed by atoms with Crippen LogP contribution >= 0.6 is 11.8 Å². The number of likely N-dealkylation sites (N-methyl/N-ethyl adjacent to an activating group) is 7. The van der Waals surface area contributed by atoms with Gasteiger partial charge in [0.05, 0.1) is 6.10 Å². The van der Waals surface area contributed by atoms with E-state index >= 15 is 28.8 Å². The zero-order valence-electron chi connectivity index (χ0n) is 60.9. The standard InChI is InChI=1S/C67H122N12O12S/c1-27-29-30-44(15)56(80)55-60(84)70-47(28-2)62(86)77(24)52(37-92-32-31-72(18)19)65(89)73(20)49(34-39(5)6)59(83)71-53(42(11)12)66(90)74(21)48(33-38(3)4)58(82)68-45(16)57(81)69-46(17)61(85)75(22)50(35-40(7)8)63(87)76(23)51(36-41(9)10)64(88)78(25)54(43(13)14)67(91)79(55)26/h27,29,38-56,80H,28,30-37H2,1-26H3,(H,68,82)(H,69,81)(H,70,84)(H,71,83)/t44-,45-,46+,47-,48-,49+,50-,51-,52-,53-,54-,55-,56-/m1/s1. The predicted molar refractivity (Wildman–Crippen MR) is 363 cm³/mol. The van der Waals surface area contributed by atoms with Gasteiger partial charge in [-0.1, -0.05) is 109 Å². The van der Waals surface area contributed by atoms with Crippen LogP contribution in [0.1, 0.15) is 156 Å². The molecule has 1 aliphatic rings. The van der Waals surface area contributed by atoms with Gasteiger partial charge in [-0.2, -0.15) is 11.8 Å². The summed E-state index contributed by atoms with van der Waals surface area (Å²) in [6.45, 7) is 30.7. The monoisotopic (exact) mass is 1320 g/mol. The van der Waals surface area contributed by atoms with Gasteiger partial charge >= 0.3 is 0 Å². The summed E-state index contributed by atoms with van der Waals surface area (Å²) in [4.78, 5) is 174. The lowest BCUT2D eigenvalue weighted by Gasteiger charge is -2.41. The summed E-state index contributed by atoms with van der Waals surface area (Å²) in [5.74, 6) is -9.09. The quantitative estimate of drug-likeness (QED) is 0.0854. The van der Waals surface area contributed by atoms with Crippen molar-refractivity contribution in [1.82, 2.24) is 60.5 Å². The highest BCUT2D eigenvalue weighted by Crippen LogP contribution is 2.26. The zero-order valence-corrected chi connectivity index (χ0v) is 61.7. The fourth-order valence-electron chi connectivity index (χ4n) is 11.4. The summed E-state index contributed by atoms with van der Waals surface area (Å²) in [7, 11) is 13.9. The van der Waals surface area contributed by atoms with Gasteiger partial charge in [0, 0.05) is 67.4 Å². The molecular formula is C67H122N12O12S. The van der Waals surface area contributed by atoms with E-state index in [1.807, 2.05) is 87.4 Å². The third kappa shape index (κ3) is 24.2. The van der Waals surface area contributed by atoms with E-state index in [1.54, 1.807) is 47.6 Å². The molecule has 0 aromatic rings. The first-order valence-electron chi connectivity index (χ1n) is 33.1. The topological polar surface area (TPSA) is 282 Å². The van der Waals surface area contributed by atoms with Crippen LogP contribution in [0.2, 0.25) is 0 Å². The van der Waals surface area contributed by atoms with Gasteiger partial charge in [-0.15, -0.1) is 0 Å². The molecule has 528 valence electrons. The Morgan fingerprint density at radius 3 is 1.32 bits per heavy atom. The van der Waals surface area contributed by atoms with Crippen molar-refractivity contribution in [2.24, 2.45) is 41.4 Å². The summed E-state index contributed by atoms with van der Waals surface area (Å²) in [5.41, 5.74) is 0. The van der Waals surface area contributed by atoms with E-state index in [0.717, 1.165) is 4.90 Å². The van der Waals surface area contributed by atoms with Crippen LogP contribution in [0, 0.1) is 41.4 Å². The van der Waals surface area contributed by atoms with Crippen LogP contribution in [-0.2, 0) is 52.7 Å². The maximum Gasteiger partial charge on any atom is 0.246 e. The van der Waals surface area contributed by atoms with E-state index in [1.165, 1.54) is 104 Å². The number of carbonyl (C=O) groups excluding carboxylic acids is 11. The highest BCUT2D eigenvalue weighted by Gasteiger charge is 2.46. The lowest BCUT2D eigenvalue weighted by atomic mass is 9.91. The Balaban J connectivity index is 4.53. The molecule has 92 heavy (non-hydrogen) atoms. The molecular weight excluding hydrogens is 1200 g/mol. The van der Waals surface area contributed by atoms with Crippen molar-refractivity contribution in [3.8, 4) is 0 Å².